The Morgan fingerprint density at radius 1 is 0.500 bits per heavy atom. The van der Waals surface area contributed by atoms with Crippen LogP contribution in [0.2, 0.25) is 0 Å². The maximum atomic E-state index is 10.9. The first-order valence-corrected chi connectivity index (χ1v) is 15.7. The van der Waals surface area contributed by atoms with Gasteiger partial charge in [-0.3, -0.25) is 9.59 Å². The highest BCUT2D eigenvalue weighted by Gasteiger charge is 2.17. The van der Waals surface area contributed by atoms with Crippen molar-refractivity contribution in [3.8, 4) is 0 Å². The van der Waals surface area contributed by atoms with Gasteiger partial charge < -0.3 is 10.2 Å². The fraction of sp³-hybridized carbons (Fsp3) is 0.158. The Hall–Kier alpha value is -6.16. The van der Waals surface area contributed by atoms with Crippen LogP contribution in [-0.2, 0) is 35.5 Å². The van der Waals surface area contributed by atoms with Crippen LogP contribution in [0.5, 0.6) is 0 Å². The summed E-state index contributed by atoms with van der Waals surface area (Å²) in [7, 11) is 0. The molecule has 48 heavy (non-hydrogen) atoms. The average molecular weight is 639 g/mol. The van der Waals surface area contributed by atoms with Crippen LogP contribution in [-0.4, -0.2) is 52.1 Å². The summed E-state index contributed by atoms with van der Waals surface area (Å²) >= 11 is 0. The van der Waals surface area contributed by atoms with Crippen LogP contribution in [0, 0.1) is 0 Å². The Kier molecular flexibility index (Phi) is 9.91. The SMILES string of the molecule is O=C(O)CCc1cn(Cc2ccc(/C(=C(\c3ccccc3)c3ccc(Cn4cc(CCC(=O)O)nn4)cc3)c3ccccc3)cc2)nn1. The van der Waals surface area contributed by atoms with E-state index in [2.05, 4.69) is 93.4 Å². The predicted molar refractivity (Wildman–Crippen MR) is 181 cm³/mol. The van der Waals surface area contributed by atoms with Gasteiger partial charge in [0.25, 0.3) is 0 Å². The molecule has 2 heterocycles. The van der Waals surface area contributed by atoms with Gasteiger partial charge in [0.15, 0.2) is 0 Å². The predicted octanol–water partition coefficient (Wildman–Crippen LogP) is 6.01. The van der Waals surface area contributed by atoms with Crippen molar-refractivity contribution in [2.75, 3.05) is 0 Å². The lowest BCUT2D eigenvalue weighted by Gasteiger charge is -2.19. The van der Waals surface area contributed by atoms with Gasteiger partial charge in [0.05, 0.1) is 37.3 Å². The van der Waals surface area contributed by atoms with Crippen molar-refractivity contribution < 1.29 is 19.8 Å². The molecule has 0 fully saturated rings. The minimum atomic E-state index is -0.857. The third kappa shape index (κ3) is 8.16. The molecule has 0 atom stereocenters. The first kappa shape index (κ1) is 31.8. The van der Waals surface area contributed by atoms with Crippen LogP contribution < -0.4 is 0 Å². The average Bonchev–Trinajstić information content (AvgIpc) is 3.76. The number of aromatic nitrogens is 6. The zero-order valence-corrected chi connectivity index (χ0v) is 26.2. The summed E-state index contributed by atoms with van der Waals surface area (Å²) in [6.45, 7) is 1.04. The number of carboxylic acids is 2. The molecule has 4 aromatic carbocycles. The number of nitrogens with zero attached hydrogens (tertiary/aromatic N) is 6. The zero-order valence-electron chi connectivity index (χ0n) is 26.2. The van der Waals surface area contributed by atoms with E-state index in [-0.39, 0.29) is 12.8 Å². The van der Waals surface area contributed by atoms with E-state index in [4.69, 9.17) is 10.2 Å². The number of rotatable bonds is 14. The van der Waals surface area contributed by atoms with Crippen LogP contribution in [0.4, 0.5) is 0 Å². The van der Waals surface area contributed by atoms with Crippen LogP contribution >= 0.6 is 0 Å². The molecule has 6 rings (SSSR count). The van der Waals surface area contributed by atoms with Crippen LogP contribution in [0.1, 0.15) is 57.6 Å². The van der Waals surface area contributed by atoms with Crippen LogP contribution in [0.15, 0.2) is 122 Å². The minimum absolute atomic E-state index is 0.0211. The van der Waals surface area contributed by atoms with Crippen molar-refractivity contribution in [2.24, 2.45) is 0 Å². The van der Waals surface area contributed by atoms with Gasteiger partial charge in [0, 0.05) is 25.2 Å². The summed E-state index contributed by atoms with van der Waals surface area (Å²) < 4.78 is 3.46. The number of hydrogen-bond acceptors (Lipinski definition) is 6. The Labute approximate surface area is 277 Å². The molecular weight excluding hydrogens is 604 g/mol. The second-order valence-corrected chi connectivity index (χ2v) is 11.5. The highest BCUT2D eigenvalue weighted by atomic mass is 16.4. The molecule has 0 aliphatic rings. The number of hydrogen-bond donors (Lipinski definition) is 2. The molecule has 0 radical (unpaired) electrons. The molecule has 240 valence electrons. The molecular formula is C38H34N6O4. The molecule has 2 aromatic heterocycles. The summed E-state index contributed by atoms with van der Waals surface area (Å²) in [4.78, 5) is 21.9. The highest BCUT2D eigenvalue weighted by molar-refractivity contribution is 6.04. The standard InChI is InChI=1S/C38H34N6O4/c45-35(46)21-19-33-25-43(41-39-33)23-27-11-15-31(16-12-27)37(29-7-3-1-4-8-29)38(30-9-5-2-6-10-30)32-17-13-28(14-18-32)24-44-26-34(40-42-44)20-22-36(47)48/h1-18,25-26H,19-24H2,(H,45,46)(H,47,48)/b38-37+. The van der Waals surface area contributed by atoms with Crippen molar-refractivity contribution in [3.05, 3.63) is 166 Å². The second kappa shape index (κ2) is 15.0. The third-order valence-corrected chi connectivity index (χ3v) is 7.91. The smallest absolute Gasteiger partial charge is 0.303 e. The maximum absolute atomic E-state index is 10.9. The number of carbonyl (C=O) groups is 2. The fourth-order valence-electron chi connectivity index (χ4n) is 5.58. The normalized spacial score (nSPS) is 11.7. The van der Waals surface area contributed by atoms with Crippen molar-refractivity contribution in [1.29, 1.82) is 0 Å². The number of carboxylic acid groups (broad SMARTS) is 2. The zero-order chi connectivity index (χ0) is 33.3. The van der Waals surface area contributed by atoms with Gasteiger partial charge >= 0.3 is 11.9 Å². The fourth-order valence-corrected chi connectivity index (χ4v) is 5.58. The maximum Gasteiger partial charge on any atom is 0.303 e. The van der Waals surface area contributed by atoms with Gasteiger partial charge in [-0.15, -0.1) is 10.2 Å². The third-order valence-electron chi connectivity index (χ3n) is 7.91. The van der Waals surface area contributed by atoms with E-state index in [0.717, 1.165) is 44.5 Å². The van der Waals surface area contributed by atoms with Crippen LogP contribution in [0.3, 0.4) is 0 Å². The number of benzene rings is 4. The molecule has 0 aliphatic carbocycles. The Balaban J connectivity index is 1.33. The van der Waals surface area contributed by atoms with Gasteiger partial charge in [-0.1, -0.05) is 120 Å². The molecule has 10 heteroatoms. The van der Waals surface area contributed by atoms with Gasteiger partial charge in [-0.25, -0.2) is 9.36 Å². The molecule has 0 amide bonds. The van der Waals surface area contributed by atoms with E-state index in [1.165, 1.54) is 0 Å². The second-order valence-electron chi connectivity index (χ2n) is 11.5. The van der Waals surface area contributed by atoms with Crippen molar-refractivity contribution in [1.82, 2.24) is 30.0 Å². The van der Waals surface area contributed by atoms with Crippen molar-refractivity contribution in [3.63, 3.8) is 0 Å². The summed E-state index contributed by atoms with van der Waals surface area (Å²) in [5, 5.41) is 34.6. The van der Waals surface area contributed by atoms with Crippen molar-refractivity contribution >= 4 is 23.1 Å². The molecule has 0 saturated carbocycles. The molecule has 10 nitrogen and oxygen atoms in total. The van der Waals surface area contributed by atoms with Gasteiger partial charge in [0.2, 0.25) is 0 Å². The topological polar surface area (TPSA) is 136 Å². The Morgan fingerprint density at radius 3 is 1.21 bits per heavy atom. The highest BCUT2D eigenvalue weighted by Crippen LogP contribution is 2.37. The van der Waals surface area contributed by atoms with E-state index in [9.17, 15) is 9.59 Å². The van der Waals surface area contributed by atoms with Gasteiger partial charge in [-0.05, 0) is 44.5 Å². The first-order chi connectivity index (χ1) is 23.4. The Bertz CT molecular complexity index is 1870. The quantitative estimate of drug-likeness (QED) is 0.139. The monoisotopic (exact) mass is 638 g/mol. The molecule has 0 spiro atoms. The molecule has 6 aromatic rings. The molecule has 0 aliphatic heterocycles. The molecule has 2 N–H and O–H groups in total. The first-order valence-electron chi connectivity index (χ1n) is 15.7. The Morgan fingerprint density at radius 2 is 0.854 bits per heavy atom. The molecule has 0 unspecified atom stereocenters. The largest absolute Gasteiger partial charge is 0.481 e. The van der Waals surface area contributed by atoms with E-state index in [0.29, 0.717) is 37.3 Å². The van der Waals surface area contributed by atoms with Gasteiger partial charge in [0.1, 0.15) is 0 Å². The van der Waals surface area contributed by atoms with Crippen LogP contribution in [0.25, 0.3) is 11.1 Å². The summed E-state index contributed by atoms with van der Waals surface area (Å²) in [6, 6.07) is 37.6. The lowest BCUT2D eigenvalue weighted by atomic mass is 9.85. The summed E-state index contributed by atoms with van der Waals surface area (Å²) in [6.07, 6.45) is 4.33. The van der Waals surface area contributed by atoms with E-state index in [1.807, 2.05) is 36.4 Å². The lowest BCUT2D eigenvalue weighted by Crippen LogP contribution is -2.02. The molecule has 0 bridgehead atoms. The summed E-state index contributed by atoms with van der Waals surface area (Å²) in [5.41, 5.74) is 9.89. The summed E-state index contributed by atoms with van der Waals surface area (Å²) in [5.74, 6) is -1.71. The minimum Gasteiger partial charge on any atom is -0.481 e. The number of aryl methyl sites for hydroxylation is 2. The van der Waals surface area contributed by atoms with E-state index < -0.39 is 11.9 Å². The van der Waals surface area contributed by atoms with E-state index in [1.54, 1.807) is 21.8 Å². The van der Waals surface area contributed by atoms with Crippen molar-refractivity contribution in [2.45, 2.75) is 38.8 Å². The number of aliphatic carboxylic acids is 2. The lowest BCUT2D eigenvalue weighted by molar-refractivity contribution is -0.138. The molecule has 0 saturated heterocycles. The van der Waals surface area contributed by atoms with E-state index >= 15 is 0 Å². The van der Waals surface area contributed by atoms with Gasteiger partial charge in [-0.2, -0.15) is 0 Å².